The maximum atomic E-state index is 5.01. The van der Waals surface area contributed by atoms with E-state index < -0.39 is 0 Å². The van der Waals surface area contributed by atoms with Gasteiger partial charge in [-0.3, -0.25) is 0 Å². The lowest BCUT2D eigenvalue weighted by Gasteiger charge is -2.16. The van der Waals surface area contributed by atoms with Crippen LogP contribution in [0.3, 0.4) is 0 Å². The third kappa shape index (κ3) is 4.25. The number of rotatable bonds is 5. The van der Waals surface area contributed by atoms with Gasteiger partial charge < -0.3 is 9.47 Å². The molecule has 0 N–H and O–H groups in total. The van der Waals surface area contributed by atoms with Crippen molar-refractivity contribution in [2.24, 2.45) is 5.92 Å². The topological polar surface area (TPSA) is 18.5 Å². The number of methoxy groups -OCH3 is 2. The molecule has 0 aliphatic rings. The van der Waals surface area contributed by atoms with E-state index in [4.69, 9.17) is 9.47 Å². The molecule has 0 fully saturated rings. The van der Waals surface area contributed by atoms with Crippen molar-refractivity contribution in [1.82, 2.24) is 0 Å². The van der Waals surface area contributed by atoms with Crippen LogP contribution in [-0.4, -0.2) is 32.3 Å². The predicted octanol–water partition coefficient (Wildman–Crippen LogP) is 1.68. The molecule has 1 atom stereocenters. The fourth-order valence-electron chi connectivity index (χ4n) is 0.741. The van der Waals surface area contributed by atoms with Gasteiger partial charge in [-0.05, 0) is 0 Å². The molecule has 0 aromatic heterocycles. The van der Waals surface area contributed by atoms with Crippen LogP contribution in [0.4, 0.5) is 0 Å². The SMILES string of the molecule is COCC(COC)C(C)Br. The summed E-state index contributed by atoms with van der Waals surface area (Å²) in [4.78, 5) is 0.451. The average Bonchev–Trinajstić information content (AvgIpc) is 1.87. The Morgan fingerprint density at radius 3 is 1.80 bits per heavy atom. The van der Waals surface area contributed by atoms with Gasteiger partial charge in [0.05, 0.1) is 13.2 Å². The van der Waals surface area contributed by atoms with Gasteiger partial charge in [-0.2, -0.15) is 0 Å². The molecule has 0 heterocycles. The molecule has 10 heavy (non-hydrogen) atoms. The van der Waals surface area contributed by atoms with Crippen molar-refractivity contribution in [3.05, 3.63) is 0 Å². The Hall–Kier alpha value is 0.400. The van der Waals surface area contributed by atoms with Crippen molar-refractivity contribution in [1.29, 1.82) is 0 Å². The van der Waals surface area contributed by atoms with Gasteiger partial charge >= 0.3 is 0 Å². The fourth-order valence-corrected chi connectivity index (χ4v) is 1.05. The highest BCUT2D eigenvalue weighted by atomic mass is 79.9. The maximum Gasteiger partial charge on any atom is 0.0523 e. The molecule has 1 unspecified atom stereocenters. The second kappa shape index (κ2) is 6.13. The molecular weight excluding hydrogens is 196 g/mol. The molecule has 0 aliphatic carbocycles. The van der Waals surface area contributed by atoms with E-state index >= 15 is 0 Å². The van der Waals surface area contributed by atoms with Crippen LogP contribution in [0.15, 0.2) is 0 Å². The second-order valence-electron chi connectivity index (χ2n) is 2.35. The smallest absolute Gasteiger partial charge is 0.0523 e. The summed E-state index contributed by atoms with van der Waals surface area (Å²) >= 11 is 3.48. The number of hydrogen-bond acceptors (Lipinski definition) is 2. The highest BCUT2D eigenvalue weighted by Gasteiger charge is 2.13. The highest BCUT2D eigenvalue weighted by Crippen LogP contribution is 2.12. The summed E-state index contributed by atoms with van der Waals surface area (Å²) in [6.45, 7) is 3.60. The lowest BCUT2D eigenvalue weighted by Crippen LogP contribution is -2.21. The Labute approximate surface area is 71.0 Å². The van der Waals surface area contributed by atoms with E-state index in [9.17, 15) is 0 Å². The van der Waals surface area contributed by atoms with Gasteiger partial charge in [0, 0.05) is 25.0 Å². The third-order valence-corrected chi connectivity index (χ3v) is 2.16. The Morgan fingerprint density at radius 2 is 1.60 bits per heavy atom. The van der Waals surface area contributed by atoms with Crippen LogP contribution in [0.25, 0.3) is 0 Å². The summed E-state index contributed by atoms with van der Waals surface area (Å²) in [5.41, 5.74) is 0. The van der Waals surface area contributed by atoms with Gasteiger partial charge in [-0.25, -0.2) is 0 Å². The molecule has 62 valence electrons. The summed E-state index contributed by atoms with van der Waals surface area (Å²) < 4.78 is 10.0. The zero-order valence-electron chi connectivity index (χ0n) is 6.76. The first-order chi connectivity index (χ1) is 4.72. The molecule has 2 nitrogen and oxygen atoms in total. The first-order valence-corrected chi connectivity index (χ1v) is 4.25. The quantitative estimate of drug-likeness (QED) is 0.644. The minimum atomic E-state index is 0.451. The second-order valence-corrected chi connectivity index (χ2v) is 3.79. The number of halogens is 1. The molecule has 0 spiro atoms. The Bertz CT molecular complexity index is 70.0. The van der Waals surface area contributed by atoms with Crippen molar-refractivity contribution < 1.29 is 9.47 Å². The first kappa shape index (κ1) is 10.4. The Kier molecular flexibility index (Phi) is 6.38. The van der Waals surface area contributed by atoms with E-state index in [1.54, 1.807) is 14.2 Å². The fraction of sp³-hybridized carbons (Fsp3) is 1.00. The summed E-state index contributed by atoms with van der Waals surface area (Å²) in [7, 11) is 3.41. The van der Waals surface area contributed by atoms with Crippen LogP contribution >= 0.6 is 15.9 Å². The van der Waals surface area contributed by atoms with Crippen molar-refractivity contribution >= 4 is 15.9 Å². The van der Waals surface area contributed by atoms with E-state index in [1.165, 1.54) is 0 Å². The van der Waals surface area contributed by atoms with Crippen LogP contribution in [0.1, 0.15) is 6.92 Å². The minimum absolute atomic E-state index is 0.451. The lowest BCUT2D eigenvalue weighted by molar-refractivity contribution is 0.0863. The standard InChI is InChI=1S/C7H15BrO2/c1-6(8)7(4-9-2)5-10-3/h6-7H,4-5H2,1-3H3. The van der Waals surface area contributed by atoms with E-state index in [0.29, 0.717) is 10.7 Å². The number of ether oxygens (including phenoxy) is 2. The molecule has 3 heteroatoms. The van der Waals surface area contributed by atoms with E-state index in [0.717, 1.165) is 13.2 Å². The minimum Gasteiger partial charge on any atom is -0.384 e. The van der Waals surface area contributed by atoms with Gasteiger partial charge in [0.15, 0.2) is 0 Å². The molecule has 0 aliphatic heterocycles. The summed E-state index contributed by atoms with van der Waals surface area (Å²) in [6.07, 6.45) is 0. The van der Waals surface area contributed by atoms with Crippen molar-refractivity contribution in [3.63, 3.8) is 0 Å². The van der Waals surface area contributed by atoms with E-state index in [-0.39, 0.29) is 0 Å². The lowest BCUT2D eigenvalue weighted by atomic mass is 10.1. The molecule has 0 saturated heterocycles. The molecule has 0 radical (unpaired) electrons. The van der Waals surface area contributed by atoms with Gasteiger partial charge in [-0.1, -0.05) is 22.9 Å². The van der Waals surface area contributed by atoms with Gasteiger partial charge in [0.25, 0.3) is 0 Å². The van der Waals surface area contributed by atoms with Gasteiger partial charge in [0.2, 0.25) is 0 Å². The van der Waals surface area contributed by atoms with Crippen LogP contribution in [0.5, 0.6) is 0 Å². The van der Waals surface area contributed by atoms with Crippen LogP contribution in [0.2, 0.25) is 0 Å². The number of alkyl halides is 1. The molecule has 0 bridgehead atoms. The van der Waals surface area contributed by atoms with Gasteiger partial charge in [-0.15, -0.1) is 0 Å². The van der Waals surface area contributed by atoms with Crippen LogP contribution in [-0.2, 0) is 9.47 Å². The molecule has 0 aromatic carbocycles. The predicted molar refractivity (Wildman–Crippen MR) is 45.6 cm³/mol. The third-order valence-electron chi connectivity index (χ3n) is 1.41. The summed E-state index contributed by atoms with van der Waals surface area (Å²) in [5.74, 6) is 0.454. The molecule has 0 amide bonds. The molecule has 0 aromatic rings. The highest BCUT2D eigenvalue weighted by molar-refractivity contribution is 9.09. The monoisotopic (exact) mass is 210 g/mol. The van der Waals surface area contributed by atoms with Crippen LogP contribution < -0.4 is 0 Å². The molecule has 0 saturated carbocycles. The largest absolute Gasteiger partial charge is 0.384 e. The zero-order chi connectivity index (χ0) is 7.98. The van der Waals surface area contributed by atoms with Gasteiger partial charge in [0.1, 0.15) is 0 Å². The van der Waals surface area contributed by atoms with E-state index in [2.05, 4.69) is 22.9 Å². The molecular formula is C7H15BrO2. The normalized spacial score (nSPS) is 14.1. The average molecular weight is 211 g/mol. The summed E-state index contributed by atoms with van der Waals surface area (Å²) in [5, 5.41) is 0. The first-order valence-electron chi connectivity index (χ1n) is 3.34. The van der Waals surface area contributed by atoms with Crippen molar-refractivity contribution in [2.45, 2.75) is 11.8 Å². The maximum absolute atomic E-state index is 5.01. The summed E-state index contributed by atoms with van der Waals surface area (Å²) in [6, 6.07) is 0. The van der Waals surface area contributed by atoms with Crippen molar-refractivity contribution in [3.8, 4) is 0 Å². The molecule has 0 rings (SSSR count). The Balaban J connectivity index is 3.50. The van der Waals surface area contributed by atoms with E-state index in [1.807, 2.05) is 0 Å². The van der Waals surface area contributed by atoms with Crippen molar-refractivity contribution in [2.75, 3.05) is 27.4 Å². The van der Waals surface area contributed by atoms with Crippen LogP contribution in [0, 0.1) is 5.92 Å². The number of hydrogen-bond donors (Lipinski definition) is 0. The zero-order valence-corrected chi connectivity index (χ0v) is 8.35. The Morgan fingerprint density at radius 1 is 1.20 bits per heavy atom.